The molecule has 170 valence electrons. The second kappa shape index (κ2) is 8.95. The Morgan fingerprint density at radius 3 is 1.97 bits per heavy atom. The van der Waals surface area contributed by atoms with E-state index in [9.17, 15) is 0 Å². The molecule has 2 rings (SSSR count). The number of fused-ring (bicyclic) bond motifs is 1. The molecule has 0 saturated heterocycles. The first kappa shape index (κ1) is 24.8. The largest absolute Gasteiger partial charge is 0.496 e. The second-order valence-electron chi connectivity index (χ2n) is 10.2. The quantitative estimate of drug-likeness (QED) is 0.348. The highest BCUT2D eigenvalue weighted by molar-refractivity contribution is 6.74. The van der Waals surface area contributed by atoms with Gasteiger partial charge in [0, 0.05) is 22.6 Å². The van der Waals surface area contributed by atoms with Crippen LogP contribution in [0.2, 0.25) is 18.1 Å². The van der Waals surface area contributed by atoms with Crippen LogP contribution in [-0.4, -0.2) is 35.8 Å². The molecule has 0 aromatic heterocycles. The van der Waals surface area contributed by atoms with Crippen LogP contribution in [0.15, 0.2) is 12.7 Å². The first-order chi connectivity index (χ1) is 13.9. The summed E-state index contributed by atoms with van der Waals surface area (Å²) in [5.41, 5.74) is 3.35. The molecule has 0 heterocycles. The van der Waals surface area contributed by atoms with Crippen molar-refractivity contribution in [3.8, 4) is 17.2 Å². The summed E-state index contributed by atoms with van der Waals surface area (Å²) < 4.78 is 24.7. The summed E-state index contributed by atoms with van der Waals surface area (Å²) in [4.78, 5) is 0. The Kier molecular flexibility index (Phi) is 7.40. The lowest BCUT2D eigenvalue weighted by atomic mass is 9.69. The third-order valence-electron chi connectivity index (χ3n) is 7.28. The molecule has 1 aliphatic carbocycles. The van der Waals surface area contributed by atoms with Crippen LogP contribution in [0.1, 0.15) is 69.6 Å². The molecule has 0 amide bonds. The summed E-state index contributed by atoms with van der Waals surface area (Å²) in [6.45, 7) is 22.2. The van der Waals surface area contributed by atoms with Gasteiger partial charge in [-0.15, -0.1) is 6.58 Å². The zero-order chi connectivity index (χ0) is 23.0. The average Bonchev–Trinajstić information content (AvgIpc) is 2.65. The van der Waals surface area contributed by atoms with Crippen molar-refractivity contribution in [3.63, 3.8) is 0 Å². The van der Waals surface area contributed by atoms with Gasteiger partial charge in [0.2, 0.25) is 0 Å². The molecular formula is C25H42O4Si. The molecule has 4 nitrogen and oxygen atoms in total. The Hall–Kier alpha value is -1.46. The van der Waals surface area contributed by atoms with Crippen LogP contribution in [0.25, 0.3) is 0 Å². The zero-order valence-corrected chi connectivity index (χ0v) is 21.9. The lowest BCUT2D eigenvalue weighted by Gasteiger charge is -2.47. The maximum atomic E-state index is 7.04. The highest BCUT2D eigenvalue weighted by Crippen LogP contribution is 2.56. The smallest absolute Gasteiger partial charge is 0.192 e. The van der Waals surface area contributed by atoms with Crippen LogP contribution >= 0.6 is 0 Å². The van der Waals surface area contributed by atoms with Crippen LogP contribution < -0.4 is 14.2 Å². The molecule has 4 atom stereocenters. The van der Waals surface area contributed by atoms with Gasteiger partial charge in [-0.3, -0.25) is 0 Å². The normalized spacial score (nSPS) is 22.8. The van der Waals surface area contributed by atoms with Gasteiger partial charge in [-0.05, 0) is 43.3 Å². The molecule has 5 heteroatoms. The van der Waals surface area contributed by atoms with Crippen LogP contribution in [0.4, 0.5) is 0 Å². The van der Waals surface area contributed by atoms with Crippen LogP contribution in [0.5, 0.6) is 17.2 Å². The van der Waals surface area contributed by atoms with Gasteiger partial charge in [0.15, 0.2) is 19.8 Å². The van der Waals surface area contributed by atoms with Crippen molar-refractivity contribution in [2.24, 2.45) is 5.92 Å². The Bertz CT molecular complexity index is 779. The van der Waals surface area contributed by atoms with Crippen LogP contribution in [0.3, 0.4) is 0 Å². The topological polar surface area (TPSA) is 36.9 Å². The van der Waals surface area contributed by atoms with Gasteiger partial charge in [-0.25, -0.2) is 0 Å². The number of rotatable bonds is 7. The van der Waals surface area contributed by atoms with Crippen molar-refractivity contribution in [1.29, 1.82) is 0 Å². The average molecular weight is 435 g/mol. The summed E-state index contributed by atoms with van der Waals surface area (Å²) >= 11 is 0. The van der Waals surface area contributed by atoms with E-state index in [2.05, 4.69) is 54.3 Å². The molecule has 0 saturated carbocycles. The van der Waals surface area contributed by atoms with E-state index in [0.29, 0.717) is 0 Å². The third kappa shape index (κ3) is 4.15. The summed E-state index contributed by atoms with van der Waals surface area (Å²) in [5.74, 6) is 3.12. The predicted molar refractivity (Wildman–Crippen MR) is 128 cm³/mol. The van der Waals surface area contributed by atoms with E-state index in [0.717, 1.165) is 29.2 Å². The number of hydrogen-bond acceptors (Lipinski definition) is 4. The van der Waals surface area contributed by atoms with E-state index in [4.69, 9.17) is 18.6 Å². The van der Waals surface area contributed by atoms with E-state index in [-0.39, 0.29) is 28.9 Å². The van der Waals surface area contributed by atoms with Gasteiger partial charge in [0.05, 0.1) is 27.4 Å². The van der Waals surface area contributed by atoms with Crippen molar-refractivity contribution in [2.75, 3.05) is 21.3 Å². The van der Waals surface area contributed by atoms with Crippen molar-refractivity contribution < 1.29 is 18.6 Å². The number of benzene rings is 1. The molecule has 0 fully saturated rings. The summed E-state index contributed by atoms with van der Waals surface area (Å²) in [5, 5.41) is 0.149. The van der Waals surface area contributed by atoms with Gasteiger partial charge >= 0.3 is 0 Å². The molecule has 1 aromatic carbocycles. The number of methoxy groups -OCH3 is 3. The Labute approximate surface area is 185 Å². The lowest BCUT2D eigenvalue weighted by Crippen LogP contribution is -2.47. The molecule has 0 aliphatic heterocycles. The first-order valence-electron chi connectivity index (χ1n) is 11.0. The van der Waals surface area contributed by atoms with Crippen molar-refractivity contribution in [2.45, 2.75) is 84.0 Å². The Morgan fingerprint density at radius 2 is 1.53 bits per heavy atom. The summed E-state index contributed by atoms with van der Waals surface area (Å²) in [6, 6.07) is 0. The van der Waals surface area contributed by atoms with E-state index < -0.39 is 8.32 Å². The standard InChI is InChI=1S/C25H42O4Si/c1-13-15(2)19-18(29-30(11,12)25(5,6)7)14-16(3)20-21(19)22(26-8)17(4)23(27-9)24(20)28-10/h13,15-16,18-19H,1,14H2,2-12H3/t15-,16-,18-,19-/m0/s1. The van der Waals surface area contributed by atoms with Gasteiger partial charge in [0.1, 0.15) is 5.75 Å². The highest BCUT2D eigenvalue weighted by Gasteiger charge is 2.46. The van der Waals surface area contributed by atoms with Crippen molar-refractivity contribution in [3.05, 3.63) is 29.3 Å². The van der Waals surface area contributed by atoms with E-state index in [1.165, 1.54) is 11.1 Å². The highest BCUT2D eigenvalue weighted by atomic mass is 28.4. The second-order valence-corrected chi connectivity index (χ2v) is 15.0. The monoisotopic (exact) mass is 434 g/mol. The fraction of sp³-hybridized carbons (Fsp3) is 0.680. The minimum Gasteiger partial charge on any atom is -0.496 e. The fourth-order valence-electron chi connectivity index (χ4n) is 4.60. The molecule has 1 aliphatic rings. The molecule has 30 heavy (non-hydrogen) atoms. The molecule has 0 bridgehead atoms. The lowest BCUT2D eigenvalue weighted by molar-refractivity contribution is 0.108. The summed E-state index contributed by atoms with van der Waals surface area (Å²) in [6.07, 6.45) is 3.08. The number of hydrogen-bond donors (Lipinski definition) is 0. The number of allylic oxidation sites excluding steroid dienone is 1. The minimum absolute atomic E-state index is 0.104. The Balaban J connectivity index is 2.79. The molecule has 0 unspecified atom stereocenters. The maximum Gasteiger partial charge on any atom is 0.192 e. The molecule has 0 radical (unpaired) electrons. The van der Waals surface area contributed by atoms with Gasteiger partial charge < -0.3 is 18.6 Å². The van der Waals surface area contributed by atoms with Gasteiger partial charge in [-0.2, -0.15) is 0 Å². The predicted octanol–water partition coefficient (Wildman–Crippen LogP) is 6.82. The fourth-order valence-corrected chi connectivity index (χ4v) is 5.95. The van der Waals surface area contributed by atoms with Crippen LogP contribution in [-0.2, 0) is 4.43 Å². The van der Waals surface area contributed by atoms with E-state index in [1.54, 1.807) is 21.3 Å². The minimum atomic E-state index is -1.96. The van der Waals surface area contributed by atoms with E-state index >= 15 is 0 Å². The summed E-state index contributed by atoms with van der Waals surface area (Å²) in [7, 11) is 3.20. The zero-order valence-electron chi connectivity index (χ0n) is 20.9. The first-order valence-corrected chi connectivity index (χ1v) is 13.9. The van der Waals surface area contributed by atoms with Crippen molar-refractivity contribution in [1.82, 2.24) is 0 Å². The van der Waals surface area contributed by atoms with E-state index in [1.807, 2.05) is 13.0 Å². The Morgan fingerprint density at radius 1 is 1.00 bits per heavy atom. The molecule has 0 N–H and O–H groups in total. The number of ether oxygens (including phenoxy) is 3. The molecule has 0 spiro atoms. The van der Waals surface area contributed by atoms with Gasteiger partial charge in [-0.1, -0.05) is 40.7 Å². The molecular weight excluding hydrogens is 392 g/mol. The molecule has 1 aromatic rings. The van der Waals surface area contributed by atoms with Crippen LogP contribution in [0, 0.1) is 12.8 Å². The van der Waals surface area contributed by atoms with Crippen molar-refractivity contribution >= 4 is 8.32 Å². The maximum absolute atomic E-state index is 7.04. The van der Waals surface area contributed by atoms with Gasteiger partial charge in [0.25, 0.3) is 0 Å². The SMILES string of the molecule is C=C[C@H](C)[C@@H]1c2c(OC)c(C)c(OC)c(OC)c2[C@@H](C)C[C@@H]1O[Si](C)(C)C(C)(C)C. The third-order valence-corrected chi connectivity index (χ3v) is 11.8.